The molecule has 0 fully saturated rings. The minimum Gasteiger partial charge on any atom is -0.466 e. The number of furan rings is 1. The number of amides is 1. The SMILES string of the molecule is Cc1cn2c(n1)CC[C@H](NC(=O)[C@H](C)c1cc(C)oc1C)C2. The smallest absolute Gasteiger partial charge is 0.227 e. The van der Waals surface area contributed by atoms with Gasteiger partial charge in [0.05, 0.1) is 11.6 Å². The number of aryl methyl sites for hydroxylation is 4. The Labute approximate surface area is 130 Å². The first kappa shape index (κ1) is 14.9. The van der Waals surface area contributed by atoms with Crippen molar-refractivity contribution in [2.75, 3.05) is 0 Å². The standard InChI is InChI=1S/C17H23N3O2/c1-10-8-20-9-14(5-6-16(20)18-10)19-17(21)12(3)15-7-11(2)22-13(15)4/h7-8,12,14H,5-6,9H2,1-4H3,(H,19,21)/t12-,14+/m1/s1. The highest BCUT2D eigenvalue weighted by atomic mass is 16.3. The highest BCUT2D eigenvalue weighted by molar-refractivity contribution is 5.83. The van der Waals surface area contributed by atoms with Gasteiger partial charge in [-0.25, -0.2) is 4.98 Å². The molecule has 2 aromatic heterocycles. The molecule has 0 aliphatic carbocycles. The van der Waals surface area contributed by atoms with E-state index in [-0.39, 0.29) is 17.9 Å². The summed E-state index contributed by atoms with van der Waals surface area (Å²) < 4.78 is 7.69. The maximum atomic E-state index is 12.5. The number of nitrogens with zero attached hydrogens (tertiary/aromatic N) is 2. The first-order valence-electron chi connectivity index (χ1n) is 7.84. The molecule has 0 saturated carbocycles. The summed E-state index contributed by atoms with van der Waals surface area (Å²) >= 11 is 0. The van der Waals surface area contributed by atoms with Crippen LogP contribution in [0.3, 0.4) is 0 Å². The number of fused-ring (bicyclic) bond motifs is 1. The van der Waals surface area contributed by atoms with Gasteiger partial charge in [0.1, 0.15) is 17.3 Å². The van der Waals surface area contributed by atoms with E-state index in [9.17, 15) is 4.79 Å². The zero-order valence-electron chi connectivity index (χ0n) is 13.6. The number of imidazole rings is 1. The normalized spacial score (nSPS) is 18.8. The molecule has 2 atom stereocenters. The van der Waals surface area contributed by atoms with Gasteiger partial charge in [-0.15, -0.1) is 0 Å². The molecular weight excluding hydrogens is 278 g/mol. The van der Waals surface area contributed by atoms with Crippen LogP contribution in [-0.4, -0.2) is 21.5 Å². The molecule has 118 valence electrons. The van der Waals surface area contributed by atoms with E-state index in [1.165, 1.54) is 0 Å². The van der Waals surface area contributed by atoms with Gasteiger partial charge in [0.25, 0.3) is 0 Å². The molecule has 2 aromatic rings. The van der Waals surface area contributed by atoms with E-state index in [1.807, 2.05) is 33.8 Å². The molecule has 0 aromatic carbocycles. The highest BCUT2D eigenvalue weighted by Gasteiger charge is 2.25. The number of rotatable bonds is 3. The fraction of sp³-hybridized carbons (Fsp3) is 0.529. The molecule has 5 nitrogen and oxygen atoms in total. The van der Waals surface area contributed by atoms with Crippen molar-refractivity contribution >= 4 is 5.91 Å². The summed E-state index contributed by atoms with van der Waals surface area (Å²) in [7, 11) is 0. The van der Waals surface area contributed by atoms with E-state index in [0.29, 0.717) is 0 Å². The summed E-state index contributed by atoms with van der Waals surface area (Å²) in [6, 6.07) is 2.13. The largest absolute Gasteiger partial charge is 0.466 e. The minimum absolute atomic E-state index is 0.0641. The molecule has 0 unspecified atom stereocenters. The van der Waals surface area contributed by atoms with Crippen LogP contribution in [0.4, 0.5) is 0 Å². The second-order valence-corrected chi connectivity index (χ2v) is 6.29. The van der Waals surface area contributed by atoms with Crippen molar-refractivity contribution in [3.05, 3.63) is 40.9 Å². The second kappa shape index (κ2) is 5.63. The van der Waals surface area contributed by atoms with Gasteiger partial charge < -0.3 is 14.3 Å². The lowest BCUT2D eigenvalue weighted by atomic mass is 9.99. The lowest BCUT2D eigenvalue weighted by Gasteiger charge is -2.26. The molecule has 1 amide bonds. The van der Waals surface area contributed by atoms with Crippen LogP contribution in [-0.2, 0) is 17.8 Å². The molecule has 1 aliphatic heterocycles. The van der Waals surface area contributed by atoms with E-state index >= 15 is 0 Å². The summed E-state index contributed by atoms with van der Waals surface area (Å²) in [5, 5.41) is 3.17. The van der Waals surface area contributed by atoms with Crippen LogP contribution in [0.1, 0.15) is 47.9 Å². The fourth-order valence-electron chi connectivity index (χ4n) is 3.25. The Morgan fingerprint density at radius 3 is 2.91 bits per heavy atom. The number of nitrogens with one attached hydrogen (secondary N) is 1. The van der Waals surface area contributed by atoms with Gasteiger partial charge in [-0.1, -0.05) is 0 Å². The number of carbonyl (C=O) groups is 1. The van der Waals surface area contributed by atoms with E-state index in [4.69, 9.17) is 4.42 Å². The highest BCUT2D eigenvalue weighted by Crippen LogP contribution is 2.24. The maximum absolute atomic E-state index is 12.5. The van der Waals surface area contributed by atoms with Crippen LogP contribution in [0.5, 0.6) is 0 Å². The molecule has 3 heterocycles. The van der Waals surface area contributed by atoms with Crippen molar-refractivity contribution in [1.82, 2.24) is 14.9 Å². The number of carbonyl (C=O) groups excluding carboxylic acids is 1. The van der Waals surface area contributed by atoms with Crippen LogP contribution in [0, 0.1) is 20.8 Å². The molecule has 1 aliphatic rings. The molecule has 22 heavy (non-hydrogen) atoms. The lowest BCUT2D eigenvalue weighted by molar-refractivity contribution is -0.123. The van der Waals surface area contributed by atoms with Crippen LogP contribution >= 0.6 is 0 Å². The number of hydrogen-bond acceptors (Lipinski definition) is 3. The molecule has 0 saturated heterocycles. The van der Waals surface area contributed by atoms with Crippen molar-refractivity contribution in [3.63, 3.8) is 0 Å². The Bertz CT molecular complexity index is 699. The van der Waals surface area contributed by atoms with Crippen molar-refractivity contribution in [2.45, 2.75) is 59.0 Å². The van der Waals surface area contributed by atoms with Gasteiger partial charge in [0.15, 0.2) is 0 Å². The van der Waals surface area contributed by atoms with Crippen LogP contribution in [0.15, 0.2) is 16.7 Å². The summed E-state index contributed by atoms with van der Waals surface area (Å²) in [6.45, 7) is 8.56. The third-order valence-electron chi connectivity index (χ3n) is 4.40. The first-order valence-corrected chi connectivity index (χ1v) is 7.84. The Hall–Kier alpha value is -2.04. The van der Waals surface area contributed by atoms with Crippen LogP contribution < -0.4 is 5.32 Å². The Morgan fingerprint density at radius 2 is 2.23 bits per heavy atom. The van der Waals surface area contributed by atoms with Crippen LogP contribution in [0.25, 0.3) is 0 Å². The zero-order chi connectivity index (χ0) is 15.9. The molecule has 3 rings (SSSR count). The maximum Gasteiger partial charge on any atom is 0.227 e. The fourth-order valence-corrected chi connectivity index (χ4v) is 3.25. The van der Waals surface area contributed by atoms with Crippen molar-refractivity contribution < 1.29 is 9.21 Å². The summed E-state index contributed by atoms with van der Waals surface area (Å²) in [4.78, 5) is 17.0. The third kappa shape index (κ3) is 2.80. The van der Waals surface area contributed by atoms with Crippen LogP contribution in [0.2, 0.25) is 0 Å². The quantitative estimate of drug-likeness (QED) is 0.948. The first-order chi connectivity index (χ1) is 10.4. The van der Waals surface area contributed by atoms with Crippen molar-refractivity contribution in [3.8, 4) is 0 Å². The minimum atomic E-state index is -0.191. The molecule has 5 heteroatoms. The van der Waals surface area contributed by atoms with E-state index < -0.39 is 0 Å². The van der Waals surface area contributed by atoms with Gasteiger partial charge in [-0.3, -0.25) is 4.79 Å². The Morgan fingerprint density at radius 1 is 1.45 bits per heavy atom. The Kier molecular flexibility index (Phi) is 3.81. The monoisotopic (exact) mass is 301 g/mol. The zero-order valence-corrected chi connectivity index (χ0v) is 13.6. The molecule has 0 bridgehead atoms. The van der Waals surface area contributed by atoms with Crippen molar-refractivity contribution in [1.29, 1.82) is 0 Å². The van der Waals surface area contributed by atoms with Gasteiger partial charge in [0, 0.05) is 30.8 Å². The summed E-state index contributed by atoms with van der Waals surface area (Å²) in [5.41, 5.74) is 2.02. The van der Waals surface area contributed by atoms with Gasteiger partial charge >= 0.3 is 0 Å². The average Bonchev–Trinajstić information content (AvgIpc) is 2.98. The van der Waals surface area contributed by atoms with E-state index in [0.717, 1.165) is 48.0 Å². The molecule has 1 N–H and O–H groups in total. The predicted octanol–water partition coefficient (Wildman–Crippen LogP) is 2.64. The molecular formula is C17H23N3O2. The summed E-state index contributed by atoms with van der Waals surface area (Å²) in [5.74, 6) is 2.68. The van der Waals surface area contributed by atoms with E-state index in [1.54, 1.807) is 0 Å². The topological polar surface area (TPSA) is 60.1 Å². The molecule has 0 spiro atoms. The van der Waals surface area contributed by atoms with E-state index in [2.05, 4.69) is 21.1 Å². The second-order valence-electron chi connectivity index (χ2n) is 6.29. The third-order valence-corrected chi connectivity index (χ3v) is 4.40. The molecule has 0 radical (unpaired) electrons. The van der Waals surface area contributed by atoms with Gasteiger partial charge in [0.2, 0.25) is 5.91 Å². The number of hydrogen-bond donors (Lipinski definition) is 1. The average molecular weight is 301 g/mol. The van der Waals surface area contributed by atoms with Gasteiger partial charge in [-0.05, 0) is 40.2 Å². The number of aromatic nitrogens is 2. The van der Waals surface area contributed by atoms with Gasteiger partial charge in [-0.2, -0.15) is 0 Å². The summed E-state index contributed by atoms with van der Waals surface area (Å²) in [6.07, 6.45) is 3.91. The lowest BCUT2D eigenvalue weighted by Crippen LogP contribution is -2.42. The Balaban J connectivity index is 1.66. The van der Waals surface area contributed by atoms with Crippen molar-refractivity contribution in [2.24, 2.45) is 0 Å². The predicted molar refractivity (Wildman–Crippen MR) is 83.8 cm³/mol.